The summed E-state index contributed by atoms with van der Waals surface area (Å²) in [6, 6.07) is 3.65. The number of thiazole rings is 1. The molecule has 0 spiro atoms. The molecule has 0 unspecified atom stereocenters. The molecule has 0 aromatic carbocycles. The van der Waals surface area contributed by atoms with E-state index in [1.165, 1.54) is 11.3 Å². The Bertz CT molecular complexity index is 613. The number of hydrogen-bond acceptors (Lipinski definition) is 6. The number of aryl methyl sites for hydroxylation is 1. The molecule has 2 rings (SSSR count). The van der Waals surface area contributed by atoms with Gasteiger partial charge >= 0.3 is 0 Å². The first-order valence-electron chi connectivity index (χ1n) is 6.98. The summed E-state index contributed by atoms with van der Waals surface area (Å²) >= 11 is 1.36. The molecule has 1 N–H and O–H groups in total. The molecule has 0 bridgehead atoms. The number of carbonyl (C=O) groups is 1. The molecule has 7 heteroatoms. The minimum absolute atomic E-state index is 0.0792. The van der Waals surface area contributed by atoms with Crippen LogP contribution in [0.3, 0.4) is 0 Å². The van der Waals surface area contributed by atoms with Gasteiger partial charge in [0.25, 0.3) is 5.91 Å². The molecular weight excluding hydrogens is 300 g/mol. The van der Waals surface area contributed by atoms with Gasteiger partial charge in [0.15, 0.2) is 0 Å². The zero-order valence-corrected chi connectivity index (χ0v) is 13.8. The van der Waals surface area contributed by atoms with Crippen LogP contribution < -0.4 is 10.1 Å². The van der Waals surface area contributed by atoms with Gasteiger partial charge in [0.2, 0.25) is 0 Å². The maximum Gasteiger partial charge on any atom is 0.263 e. The fraction of sp³-hybridized carbons (Fsp3) is 0.400. The van der Waals surface area contributed by atoms with Gasteiger partial charge < -0.3 is 15.0 Å². The van der Waals surface area contributed by atoms with Crippen molar-refractivity contribution in [3.05, 3.63) is 40.1 Å². The number of amides is 1. The van der Waals surface area contributed by atoms with E-state index in [0.29, 0.717) is 23.8 Å². The lowest BCUT2D eigenvalue weighted by Gasteiger charge is -2.09. The number of nitrogens with one attached hydrogen (secondary N) is 1. The normalized spacial score (nSPS) is 10.7. The number of pyridine rings is 1. The summed E-state index contributed by atoms with van der Waals surface area (Å²) in [5.74, 6) is 0.608. The zero-order chi connectivity index (χ0) is 15.9. The maximum absolute atomic E-state index is 12.1. The highest BCUT2D eigenvalue weighted by Crippen LogP contribution is 2.19. The number of aromatic nitrogens is 2. The van der Waals surface area contributed by atoms with Crippen LogP contribution in [0.5, 0.6) is 5.75 Å². The highest BCUT2D eigenvalue weighted by molar-refractivity contribution is 7.13. The van der Waals surface area contributed by atoms with Gasteiger partial charge in [-0.1, -0.05) is 0 Å². The summed E-state index contributed by atoms with van der Waals surface area (Å²) < 4.78 is 5.60. The molecule has 0 atom stereocenters. The third-order valence-electron chi connectivity index (χ3n) is 2.89. The standard InChI is InChI=1S/C15H20N4O2S/c1-11-14(15(20)17-7-8-19(2)3)22-13(18-11)10-21-12-5-4-6-16-9-12/h4-6,9H,7-8,10H2,1-3H3,(H,17,20). The molecule has 0 saturated carbocycles. The van der Waals surface area contributed by atoms with Crippen molar-refractivity contribution in [1.29, 1.82) is 0 Å². The van der Waals surface area contributed by atoms with Gasteiger partial charge in [-0.3, -0.25) is 9.78 Å². The van der Waals surface area contributed by atoms with Crippen LogP contribution >= 0.6 is 11.3 Å². The van der Waals surface area contributed by atoms with E-state index in [0.717, 1.165) is 17.2 Å². The Balaban J connectivity index is 1.91. The molecule has 118 valence electrons. The number of hydrogen-bond donors (Lipinski definition) is 1. The number of carbonyl (C=O) groups excluding carboxylic acids is 1. The average molecular weight is 320 g/mol. The minimum Gasteiger partial charge on any atom is -0.485 e. The lowest BCUT2D eigenvalue weighted by molar-refractivity contribution is 0.0954. The predicted octanol–water partition coefficient (Wildman–Crippen LogP) is 1.72. The van der Waals surface area contributed by atoms with Gasteiger partial charge in [-0.25, -0.2) is 4.98 Å². The van der Waals surface area contributed by atoms with Crippen LogP contribution in [0.4, 0.5) is 0 Å². The quantitative estimate of drug-likeness (QED) is 0.841. The Morgan fingerprint density at radius 1 is 1.45 bits per heavy atom. The largest absolute Gasteiger partial charge is 0.485 e. The van der Waals surface area contributed by atoms with Gasteiger partial charge in [-0.15, -0.1) is 11.3 Å². The first-order chi connectivity index (χ1) is 10.6. The third-order valence-corrected chi connectivity index (χ3v) is 4.02. The number of rotatable bonds is 7. The molecule has 22 heavy (non-hydrogen) atoms. The zero-order valence-electron chi connectivity index (χ0n) is 13.0. The summed E-state index contributed by atoms with van der Waals surface area (Å²) in [6.45, 7) is 3.60. The van der Waals surface area contributed by atoms with Crippen LogP contribution in [0, 0.1) is 6.92 Å². The Morgan fingerprint density at radius 3 is 2.95 bits per heavy atom. The van der Waals surface area contributed by atoms with Crippen LogP contribution in [0.1, 0.15) is 20.4 Å². The van der Waals surface area contributed by atoms with Crippen LogP contribution in [-0.2, 0) is 6.61 Å². The van der Waals surface area contributed by atoms with E-state index >= 15 is 0 Å². The van der Waals surface area contributed by atoms with E-state index < -0.39 is 0 Å². The number of likely N-dealkylation sites (N-methyl/N-ethyl adjacent to an activating group) is 1. The first kappa shape index (κ1) is 16.4. The van der Waals surface area contributed by atoms with Crippen molar-refractivity contribution in [3.63, 3.8) is 0 Å². The molecular formula is C15H20N4O2S. The number of ether oxygens (including phenoxy) is 1. The topological polar surface area (TPSA) is 67.3 Å². The average Bonchev–Trinajstić information content (AvgIpc) is 2.87. The van der Waals surface area contributed by atoms with Crippen molar-refractivity contribution >= 4 is 17.2 Å². The molecule has 1 amide bonds. The van der Waals surface area contributed by atoms with Crippen LogP contribution in [-0.4, -0.2) is 48.0 Å². The highest BCUT2D eigenvalue weighted by atomic mass is 32.1. The van der Waals surface area contributed by atoms with Crippen molar-refractivity contribution in [1.82, 2.24) is 20.2 Å². The molecule has 0 aliphatic carbocycles. The van der Waals surface area contributed by atoms with Crippen molar-refractivity contribution in [2.75, 3.05) is 27.2 Å². The van der Waals surface area contributed by atoms with Gasteiger partial charge in [0.1, 0.15) is 22.2 Å². The predicted molar refractivity (Wildman–Crippen MR) is 86.3 cm³/mol. The Morgan fingerprint density at radius 2 is 2.27 bits per heavy atom. The smallest absolute Gasteiger partial charge is 0.263 e. The number of nitrogens with zero attached hydrogens (tertiary/aromatic N) is 3. The summed E-state index contributed by atoms with van der Waals surface area (Å²) in [5, 5.41) is 3.67. The second-order valence-corrected chi connectivity index (χ2v) is 6.14. The first-order valence-corrected chi connectivity index (χ1v) is 7.80. The molecule has 6 nitrogen and oxygen atoms in total. The van der Waals surface area contributed by atoms with Gasteiger partial charge in [0.05, 0.1) is 11.9 Å². The summed E-state index contributed by atoms with van der Waals surface area (Å²) in [4.78, 5) is 23.2. The van der Waals surface area contributed by atoms with Crippen molar-refractivity contribution in [2.24, 2.45) is 0 Å². The van der Waals surface area contributed by atoms with Gasteiger partial charge in [0, 0.05) is 19.3 Å². The summed E-state index contributed by atoms with van der Waals surface area (Å²) in [7, 11) is 3.94. The monoisotopic (exact) mass is 320 g/mol. The molecule has 2 aromatic heterocycles. The van der Waals surface area contributed by atoms with E-state index in [1.54, 1.807) is 12.4 Å². The lowest BCUT2D eigenvalue weighted by Crippen LogP contribution is -2.31. The summed E-state index contributed by atoms with van der Waals surface area (Å²) in [5.41, 5.74) is 0.733. The second kappa shape index (κ2) is 7.86. The Kier molecular flexibility index (Phi) is 5.85. The highest BCUT2D eigenvalue weighted by Gasteiger charge is 2.15. The van der Waals surface area contributed by atoms with Crippen molar-refractivity contribution in [2.45, 2.75) is 13.5 Å². The Labute approximate surface area is 134 Å². The van der Waals surface area contributed by atoms with E-state index in [9.17, 15) is 4.79 Å². The van der Waals surface area contributed by atoms with E-state index in [4.69, 9.17) is 4.74 Å². The second-order valence-electron chi connectivity index (χ2n) is 5.06. The molecule has 0 aliphatic heterocycles. The minimum atomic E-state index is -0.0792. The fourth-order valence-corrected chi connectivity index (χ4v) is 2.67. The van der Waals surface area contributed by atoms with E-state index in [2.05, 4.69) is 15.3 Å². The van der Waals surface area contributed by atoms with Crippen molar-refractivity contribution < 1.29 is 9.53 Å². The molecule has 0 radical (unpaired) electrons. The summed E-state index contributed by atoms with van der Waals surface area (Å²) in [6.07, 6.45) is 3.34. The van der Waals surface area contributed by atoms with E-state index in [-0.39, 0.29) is 5.91 Å². The van der Waals surface area contributed by atoms with Crippen LogP contribution in [0.2, 0.25) is 0 Å². The Hall–Kier alpha value is -1.99. The molecule has 0 saturated heterocycles. The fourth-order valence-electron chi connectivity index (χ4n) is 1.78. The maximum atomic E-state index is 12.1. The van der Waals surface area contributed by atoms with E-state index in [1.807, 2.05) is 38.1 Å². The van der Waals surface area contributed by atoms with Gasteiger partial charge in [-0.05, 0) is 33.2 Å². The van der Waals surface area contributed by atoms with Crippen molar-refractivity contribution in [3.8, 4) is 5.75 Å². The molecule has 2 aromatic rings. The SMILES string of the molecule is Cc1nc(COc2cccnc2)sc1C(=O)NCCN(C)C. The van der Waals surface area contributed by atoms with Crippen LogP contribution in [0.15, 0.2) is 24.5 Å². The lowest BCUT2D eigenvalue weighted by atomic mass is 10.3. The molecule has 0 aliphatic rings. The third kappa shape index (κ3) is 4.78. The van der Waals surface area contributed by atoms with Gasteiger partial charge in [-0.2, -0.15) is 0 Å². The molecule has 2 heterocycles. The molecule has 0 fully saturated rings. The van der Waals surface area contributed by atoms with Crippen LogP contribution in [0.25, 0.3) is 0 Å².